The topological polar surface area (TPSA) is 41.1 Å². The molecule has 0 heterocycles. The minimum atomic E-state index is -0.424. The van der Waals surface area contributed by atoms with E-state index >= 15 is 0 Å². The minimum absolute atomic E-state index is 0.212. The average molecular weight is 252 g/mol. The van der Waals surface area contributed by atoms with E-state index < -0.39 is 5.82 Å². The summed E-state index contributed by atoms with van der Waals surface area (Å²) in [7, 11) is 0. The summed E-state index contributed by atoms with van der Waals surface area (Å²) in [5, 5.41) is 5.79. The van der Waals surface area contributed by atoms with Crippen LogP contribution in [0.5, 0.6) is 0 Å². The molecule has 0 spiro atoms. The minimum Gasteiger partial charge on any atom is -0.382 e. The van der Waals surface area contributed by atoms with Gasteiger partial charge in [-0.25, -0.2) is 4.39 Å². The molecule has 1 aromatic carbocycles. The van der Waals surface area contributed by atoms with Gasteiger partial charge in [0.2, 0.25) is 5.91 Å². The molecule has 2 atom stereocenters. The van der Waals surface area contributed by atoms with Crippen molar-refractivity contribution in [1.29, 1.82) is 0 Å². The Morgan fingerprint density at radius 2 is 2.06 bits per heavy atom. The highest BCUT2D eigenvalue weighted by Crippen LogP contribution is 2.21. The van der Waals surface area contributed by atoms with Gasteiger partial charge in [0.15, 0.2) is 0 Å². The monoisotopic (exact) mass is 252 g/mol. The molecule has 2 unspecified atom stereocenters. The predicted octanol–water partition coefficient (Wildman–Crippen LogP) is 3.63. The molecule has 0 radical (unpaired) electrons. The van der Waals surface area contributed by atoms with Crippen molar-refractivity contribution in [3.05, 3.63) is 24.0 Å². The Hall–Kier alpha value is -1.58. The number of hydrogen-bond acceptors (Lipinski definition) is 2. The van der Waals surface area contributed by atoms with Crippen LogP contribution in [0.15, 0.2) is 18.2 Å². The molecule has 4 heteroatoms. The SMILES string of the molecule is CCC(C)C(C)Nc1ccc(F)c(NC(C)=O)c1. The molecule has 0 bridgehead atoms. The molecule has 1 rings (SSSR count). The number of nitrogens with one attached hydrogen (secondary N) is 2. The standard InChI is InChI=1S/C14H21FN2O/c1-5-9(2)10(3)16-12-6-7-13(15)14(8-12)17-11(4)18/h6-10,16H,5H2,1-4H3,(H,17,18). The first-order valence-electron chi connectivity index (χ1n) is 6.27. The summed E-state index contributed by atoms with van der Waals surface area (Å²) in [6, 6.07) is 4.96. The lowest BCUT2D eigenvalue weighted by molar-refractivity contribution is -0.114. The first-order valence-corrected chi connectivity index (χ1v) is 6.27. The molecule has 18 heavy (non-hydrogen) atoms. The van der Waals surface area contributed by atoms with E-state index in [1.807, 2.05) is 0 Å². The van der Waals surface area contributed by atoms with Crippen molar-refractivity contribution in [2.24, 2.45) is 5.92 Å². The molecule has 0 fully saturated rings. The van der Waals surface area contributed by atoms with Gasteiger partial charge in [0.25, 0.3) is 0 Å². The molecule has 100 valence electrons. The van der Waals surface area contributed by atoms with E-state index in [1.54, 1.807) is 12.1 Å². The molecule has 0 aliphatic heterocycles. The molecule has 3 nitrogen and oxygen atoms in total. The van der Waals surface area contributed by atoms with Gasteiger partial charge in [-0.05, 0) is 31.0 Å². The number of hydrogen-bond donors (Lipinski definition) is 2. The first-order chi connectivity index (χ1) is 8.43. The lowest BCUT2D eigenvalue weighted by Crippen LogP contribution is -2.23. The van der Waals surface area contributed by atoms with Crippen molar-refractivity contribution in [3.63, 3.8) is 0 Å². The van der Waals surface area contributed by atoms with E-state index in [0.29, 0.717) is 12.0 Å². The number of benzene rings is 1. The van der Waals surface area contributed by atoms with Crippen molar-refractivity contribution >= 4 is 17.3 Å². The second kappa shape index (κ2) is 6.38. The summed E-state index contributed by atoms with van der Waals surface area (Å²) in [5.41, 5.74) is 1.02. The van der Waals surface area contributed by atoms with E-state index in [0.717, 1.165) is 12.1 Å². The smallest absolute Gasteiger partial charge is 0.221 e. The van der Waals surface area contributed by atoms with E-state index in [9.17, 15) is 9.18 Å². The summed E-state index contributed by atoms with van der Waals surface area (Å²) in [4.78, 5) is 11.0. The van der Waals surface area contributed by atoms with Gasteiger partial charge in [-0.3, -0.25) is 4.79 Å². The van der Waals surface area contributed by atoms with Gasteiger partial charge in [0.05, 0.1) is 5.69 Å². The van der Waals surface area contributed by atoms with E-state index in [2.05, 4.69) is 31.4 Å². The van der Waals surface area contributed by atoms with Crippen molar-refractivity contribution in [1.82, 2.24) is 0 Å². The van der Waals surface area contributed by atoms with Gasteiger partial charge >= 0.3 is 0 Å². The van der Waals surface area contributed by atoms with Gasteiger partial charge in [-0.1, -0.05) is 20.3 Å². The Labute approximate surface area is 108 Å². The maximum absolute atomic E-state index is 13.4. The number of carbonyl (C=O) groups is 1. The second-order valence-electron chi connectivity index (χ2n) is 4.69. The quantitative estimate of drug-likeness (QED) is 0.840. The Morgan fingerprint density at radius 3 is 2.61 bits per heavy atom. The van der Waals surface area contributed by atoms with E-state index in [1.165, 1.54) is 13.0 Å². The Kier molecular flexibility index (Phi) is 5.13. The first kappa shape index (κ1) is 14.5. The zero-order valence-corrected chi connectivity index (χ0v) is 11.4. The van der Waals surface area contributed by atoms with Crippen molar-refractivity contribution < 1.29 is 9.18 Å². The van der Waals surface area contributed by atoms with Gasteiger partial charge < -0.3 is 10.6 Å². The van der Waals surface area contributed by atoms with Crippen LogP contribution in [0.2, 0.25) is 0 Å². The summed E-state index contributed by atoms with van der Waals surface area (Å²) < 4.78 is 13.4. The number of rotatable bonds is 5. The molecular formula is C14H21FN2O. The third-order valence-electron chi connectivity index (χ3n) is 3.17. The third-order valence-corrected chi connectivity index (χ3v) is 3.17. The van der Waals surface area contributed by atoms with Crippen LogP contribution in [0.4, 0.5) is 15.8 Å². The van der Waals surface area contributed by atoms with Crippen molar-refractivity contribution in [3.8, 4) is 0 Å². The molecule has 0 aliphatic carbocycles. The maximum atomic E-state index is 13.4. The fourth-order valence-corrected chi connectivity index (χ4v) is 1.66. The molecule has 1 aromatic rings. The molecule has 2 N–H and O–H groups in total. The second-order valence-corrected chi connectivity index (χ2v) is 4.69. The maximum Gasteiger partial charge on any atom is 0.221 e. The van der Waals surface area contributed by atoms with Crippen LogP contribution < -0.4 is 10.6 Å². The third kappa shape index (κ3) is 4.02. The Morgan fingerprint density at radius 1 is 1.39 bits per heavy atom. The Bertz CT molecular complexity index is 420. The molecule has 0 aliphatic rings. The largest absolute Gasteiger partial charge is 0.382 e. The zero-order chi connectivity index (χ0) is 13.7. The number of carbonyl (C=O) groups excluding carboxylic acids is 1. The average Bonchev–Trinajstić information content (AvgIpc) is 2.31. The van der Waals surface area contributed by atoms with Gasteiger partial charge in [-0.15, -0.1) is 0 Å². The van der Waals surface area contributed by atoms with E-state index in [-0.39, 0.29) is 11.6 Å². The van der Waals surface area contributed by atoms with Crippen LogP contribution >= 0.6 is 0 Å². The van der Waals surface area contributed by atoms with Gasteiger partial charge in [0, 0.05) is 18.7 Å². The zero-order valence-electron chi connectivity index (χ0n) is 11.4. The summed E-state index contributed by atoms with van der Waals surface area (Å²) >= 11 is 0. The van der Waals surface area contributed by atoms with Crippen molar-refractivity contribution in [2.45, 2.75) is 40.2 Å². The summed E-state index contributed by atoms with van der Waals surface area (Å²) in [5.74, 6) is -0.174. The highest BCUT2D eigenvalue weighted by atomic mass is 19.1. The summed E-state index contributed by atoms with van der Waals surface area (Å²) in [6.45, 7) is 7.75. The van der Waals surface area contributed by atoms with Crippen LogP contribution in [-0.2, 0) is 4.79 Å². The normalized spacial score (nSPS) is 13.8. The molecule has 0 saturated heterocycles. The van der Waals surface area contributed by atoms with Gasteiger partial charge in [-0.2, -0.15) is 0 Å². The van der Waals surface area contributed by atoms with Crippen molar-refractivity contribution in [2.75, 3.05) is 10.6 Å². The predicted molar refractivity (Wildman–Crippen MR) is 73.2 cm³/mol. The highest BCUT2D eigenvalue weighted by Gasteiger charge is 2.11. The van der Waals surface area contributed by atoms with Crippen LogP contribution in [0.3, 0.4) is 0 Å². The molecule has 0 aromatic heterocycles. The molecule has 1 amide bonds. The summed E-state index contributed by atoms with van der Waals surface area (Å²) in [6.07, 6.45) is 1.08. The Balaban J connectivity index is 2.81. The van der Waals surface area contributed by atoms with Crippen LogP contribution in [0.1, 0.15) is 34.1 Å². The van der Waals surface area contributed by atoms with Crippen LogP contribution in [-0.4, -0.2) is 11.9 Å². The van der Waals surface area contributed by atoms with E-state index in [4.69, 9.17) is 0 Å². The molecular weight excluding hydrogens is 231 g/mol. The number of anilines is 2. The van der Waals surface area contributed by atoms with Crippen LogP contribution in [0, 0.1) is 11.7 Å². The lowest BCUT2D eigenvalue weighted by Gasteiger charge is -2.21. The highest BCUT2D eigenvalue weighted by molar-refractivity contribution is 5.89. The van der Waals surface area contributed by atoms with Gasteiger partial charge in [0.1, 0.15) is 5.82 Å². The fraction of sp³-hybridized carbons (Fsp3) is 0.500. The molecule has 0 saturated carbocycles. The lowest BCUT2D eigenvalue weighted by atomic mass is 10.0. The van der Waals surface area contributed by atoms with Crippen LogP contribution in [0.25, 0.3) is 0 Å². The fourth-order valence-electron chi connectivity index (χ4n) is 1.66. The number of amides is 1. The number of halogens is 1.